The Labute approximate surface area is 96.5 Å². The molecule has 88 valence electrons. The third-order valence-electron chi connectivity index (χ3n) is 2.60. The number of carboxylic acid groups (broad SMARTS) is 1. The van der Waals surface area contributed by atoms with E-state index in [9.17, 15) is 4.79 Å². The first-order valence-corrected chi connectivity index (χ1v) is 5.59. The molecule has 0 heterocycles. The summed E-state index contributed by atoms with van der Waals surface area (Å²) in [6, 6.07) is 10.4. The van der Waals surface area contributed by atoms with Gasteiger partial charge in [-0.15, -0.1) is 0 Å². The number of hydrogen-bond donors (Lipinski definition) is 2. The molecule has 1 rings (SSSR count). The molecule has 0 amide bonds. The first-order valence-electron chi connectivity index (χ1n) is 5.59. The number of hydrogen-bond acceptors (Lipinski definition) is 2. The van der Waals surface area contributed by atoms with E-state index < -0.39 is 5.97 Å². The molecule has 0 aromatic heterocycles. The van der Waals surface area contributed by atoms with Crippen LogP contribution in [0.4, 0.5) is 0 Å². The van der Waals surface area contributed by atoms with Gasteiger partial charge in [0.1, 0.15) is 0 Å². The van der Waals surface area contributed by atoms with Gasteiger partial charge in [0.2, 0.25) is 0 Å². The van der Waals surface area contributed by atoms with Crippen LogP contribution in [0.15, 0.2) is 30.3 Å². The molecule has 2 N–H and O–H groups in total. The molecule has 0 aliphatic carbocycles. The van der Waals surface area contributed by atoms with E-state index in [1.54, 1.807) is 0 Å². The Hall–Kier alpha value is -1.35. The zero-order valence-corrected chi connectivity index (χ0v) is 9.81. The SMILES string of the molecule is C[C@H](CN[C@@H](C)c1ccccc1)CC(=O)O. The highest BCUT2D eigenvalue weighted by Gasteiger charge is 2.09. The first kappa shape index (κ1) is 12.7. The predicted octanol–water partition coefficient (Wildman–Crippen LogP) is 2.45. The molecule has 0 radical (unpaired) electrons. The van der Waals surface area contributed by atoms with Gasteiger partial charge in [-0.2, -0.15) is 0 Å². The van der Waals surface area contributed by atoms with Crippen molar-refractivity contribution in [3.05, 3.63) is 35.9 Å². The Morgan fingerprint density at radius 2 is 1.94 bits per heavy atom. The summed E-state index contributed by atoms with van der Waals surface area (Å²) in [6.45, 7) is 4.75. The fourth-order valence-electron chi connectivity index (χ4n) is 1.61. The van der Waals surface area contributed by atoms with E-state index in [0.717, 1.165) is 6.54 Å². The van der Waals surface area contributed by atoms with E-state index >= 15 is 0 Å². The molecular weight excluding hydrogens is 202 g/mol. The molecule has 1 aromatic rings. The average Bonchev–Trinajstić information content (AvgIpc) is 2.26. The lowest BCUT2D eigenvalue weighted by molar-refractivity contribution is -0.137. The van der Waals surface area contributed by atoms with Crippen molar-refractivity contribution in [1.29, 1.82) is 0 Å². The standard InChI is InChI=1S/C13H19NO2/c1-10(8-13(15)16)9-14-11(2)12-6-4-3-5-7-12/h3-7,10-11,14H,8-9H2,1-2H3,(H,15,16)/t10-,11-/m0/s1. The lowest BCUT2D eigenvalue weighted by Gasteiger charge is -2.17. The number of nitrogens with one attached hydrogen (secondary N) is 1. The average molecular weight is 221 g/mol. The quantitative estimate of drug-likeness (QED) is 0.775. The summed E-state index contributed by atoms with van der Waals surface area (Å²) in [5.74, 6) is -0.578. The minimum Gasteiger partial charge on any atom is -0.481 e. The summed E-state index contributed by atoms with van der Waals surface area (Å²) >= 11 is 0. The fraction of sp³-hybridized carbons (Fsp3) is 0.462. The molecule has 3 heteroatoms. The normalized spacial score (nSPS) is 14.4. The lowest BCUT2D eigenvalue weighted by Crippen LogP contribution is -2.25. The highest BCUT2D eigenvalue weighted by Crippen LogP contribution is 2.12. The molecule has 0 spiro atoms. The summed E-state index contributed by atoms with van der Waals surface area (Å²) in [4.78, 5) is 10.5. The molecule has 3 nitrogen and oxygen atoms in total. The maximum atomic E-state index is 10.5. The number of rotatable bonds is 6. The molecule has 0 aliphatic rings. The van der Waals surface area contributed by atoms with Gasteiger partial charge in [-0.1, -0.05) is 37.3 Å². The fourth-order valence-corrected chi connectivity index (χ4v) is 1.61. The van der Waals surface area contributed by atoms with Crippen molar-refractivity contribution < 1.29 is 9.90 Å². The molecule has 1 aromatic carbocycles. The van der Waals surface area contributed by atoms with Crippen LogP contribution >= 0.6 is 0 Å². The van der Waals surface area contributed by atoms with Gasteiger partial charge >= 0.3 is 5.97 Å². The van der Waals surface area contributed by atoms with Crippen molar-refractivity contribution in [2.24, 2.45) is 5.92 Å². The predicted molar refractivity (Wildman–Crippen MR) is 64.3 cm³/mol. The summed E-state index contributed by atoms with van der Waals surface area (Å²) in [5.41, 5.74) is 1.23. The van der Waals surface area contributed by atoms with Gasteiger partial charge in [0.25, 0.3) is 0 Å². The lowest BCUT2D eigenvalue weighted by atomic mass is 10.1. The van der Waals surface area contributed by atoms with Crippen molar-refractivity contribution in [3.63, 3.8) is 0 Å². The Balaban J connectivity index is 2.35. The number of carboxylic acids is 1. The number of carbonyl (C=O) groups is 1. The monoisotopic (exact) mass is 221 g/mol. The molecule has 0 saturated heterocycles. The van der Waals surface area contributed by atoms with E-state index in [2.05, 4.69) is 24.4 Å². The maximum absolute atomic E-state index is 10.5. The van der Waals surface area contributed by atoms with Crippen LogP contribution in [0.5, 0.6) is 0 Å². The zero-order valence-electron chi connectivity index (χ0n) is 9.81. The van der Waals surface area contributed by atoms with Crippen molar-refractivity contribution in [2.45, 2.75) is 26.3 Å². The highest BCUT2D eigenvalue weighted by atomic mass is 16.4. The second-order valence-electron chi connectivity index (χ2n) is 4.24. The van der Waals surface area contributed by atoms with Crippen LogP contribution in [0.3, 0.4) is 0 Å². The largest absolute Gasteiger partial charge is 0.481 e. The van der Waals surface area contributed by atoms with Crippen molar-refractivity contribution in [2.75, 3.05) is 6.54 Å². The van der Waals surface area contributed by atoms with Gasteiger partial charge in [-0.3, -0.25) is 4.79 Å². The Morgan fingerprint density at radius 1 is 1.31 bits per heavy atom. The second-order valence-corrected chi connectivity index (χ2v) is 4.24. The van der Waals surface area contributed by atoms with Gasteiger partial charge in [0.15, 0.2) is 0 Å². The summed E-state index contributed by atoms with van der Waals surface area (Å²) < 4.78 is 0. The van der Waals surface area contributed by atoms with Gasteiger partial charge in [-0.25, -0.2) is 0 Å². The molecular formula is C13H19NO2. The molecule has 0 bridgehead atoms. The number of aliphatic carboxylic acids is 1. The van der Waals surface area contributed by atoms with Crippen LogP contribution in [0.1, 0.15) is 31.9 Å². The van der Waals surface area contributed by atoms with Gasteiger partial charge in [0.05, 0.1) is 0 Å². The summed E-state index contributed by atoms with van der Waals surface area (Å²) in [5, 5.41) is 12.0. The third-order valence-corrected chi connectivity index (χ3v) is 2.60. The second kappa shape index (κ2) is 6.28. The van der Waals surface area contributed by atoms with Crippen molar-refractivity contribution >= 4 is 5.97 Å². The van der Waals surface area contributed by atoms with E-state index in [-0.39, 0.29) is 18.4 Å². The Morgan fingerprint density at radius 3 is 2.50 bits per heavy atom. The van der Waals surface area contributed by atoms with Gasteiger partial charge in [-0.05, 0) is 24.9 Å². The molecule has 2 atom stereocenters. The maximum Gasteiger partial charge on any atom is 0.303 e. The minimum absolute atomic E-state index is 0.156. The van der Waals surface area contributed by atoms with E-state index in [1.165, 1.54) is 5.56 Å². The van der Waals surface area contributed by atoms with Crippen LogP contribution < -0.4 is 5.32 Å². The van der Waals surface area contributed by atoms with E-state index in [0.29, 0.717) is 0 Å². The van der Waals surface area contributed by atoms with Crippen LogP contribution in [-0.2, 0) is 4.79 Å². The topological polar surface area (TPSA) is 49.3 Å². The van der Waals surface area contributed by atoms with Crippen LogP contribution in [0, 0.1) is 5.92 Å². The van der Waals surface area contributed by atoms with Crippen LogP contribution in [-0.4, -0.2) is 17.6 Å². The molecule has 0 aliphatic heterocycles. The first-order chi connectivity index (χ1) is 7.59. The van der Waals surface area contributed by atoms with Crippen molar-refractivity contribution in [3.8, 4) is 0 Å². The summed E-state index contributed by atoms with van der Waals surface area (Å²) in [7, 11) is 0. The van der Waals surface area contributed by atoms with Crippen LogP contribution in [0.25, 0.3) is 0 Å². The smallest absolute Gasteiger partial charge is 0.303 e. The molecule has 0 fully saturated rings. The van der Waals surface area contributed by atoms with Gasteiger partial charge in [0, 0.05) is 12.5 Å². The zero-order chi connectivity index (χ0) is 12.0. The van der Waals surface area contributed by atoms with Crippen molar-refractivity contribution in [1.82, 2.24) is 5.32 Å². The molecule has 16 heavy (non-hydrogen) atoms. The minimum atomic E-state index is -0.735. The van der Waals surface area contributed by atoms with E-state index in [1.807, 2.05) is 25.1 Å². The Kier molecular flexibility index (Phi) is 4.99. The highest BCUT2D eigenvalue weighted by molar-refractivity contribution is 5.66. The third kappa shape index (κ3) is 4.45. The summed E-state index contributed by atoms with van der Waals surface area (Å²) in [6.07, 6.45) is 0.217. The molecule has 0 unspecified atom stereocenters. The van der Waals surface area contributed by atoms with Gasteiger partial charge < -0.3 is 10.4 Å². The number of benzene rings is 1. The van der Waals surface area contributed by atoms with Crippen LogP contribution in [0.2, 0.25) is 0 Å². The van der Waals surface area contributed by atoms with E-state index in [4.69, 9.17) is 5.11 Å². The molecule has 0 saturated carbocycles. The Bertz CT molecular complexity index is 324.